The summed E-state index contributed by atoms with van der Waals surface area (Å²) in [5, 5.41) is 0. The van der Waals surface area contributed by atoms with Gasteiger partial charge in [0.05, 0.1) is 6.61 Å². The highest BCUT2D eigenvalue weighted by molar-refractivity contribution is 6.01. The molecule has 0 spiro atoms. The van der Waals surface area contributed by atoms with Crippen LogP contribution < -0.4 is 4.74 Å². The molecule has 0 bridgehead atoms. The first-order valence-corrected chi connectivity index (χ1v) is 7.15. The second kappa shape index (κ2) is 3.84. The molecule has 102 valence electrons. The van der Waals surface area contributed by atoms with Crippen LogP contribution in [0.1, 0.15) is 50.0 Å². The highest BCUT2D eigenvalue weighted by atomic mass is 16.5. The Hall–Kier alpha value is -1.31. The van der Waals surface area contributed by atoms with Gasteiger partial charge >= 0.3 is 0 Å². The number of aryl methyl sites for hydroxylation is 1. The smallest absolute Gasteiger partial charge is 0.167 e. The summed E-state index contributed by atoms with van der Waals surface area (Å²) in [5.41, 5.74) is 2.26. The number of carbonyl (C=O) groups excluding carboxylic acids is 1. The third-order valence-electron chi connectivity index (χ3n) is 5.48. The fraction of sp³-hybridized carbons (Fsp3) is 0.588. The lowest BCUT2D eigenvalue weighted by atomic mass is 9.97. The molecule has 0 saturated heterocycles. The number of ether oxygens (including phenoxy) is 1. The first kappa shape index (κ1) is 12.7. The first-order chi connectivity index (χ1) is 8.85. The van der Waals surface area contributed by atoms with E-state index in [2.05, 4.69) is 27.7 Å². The van der Waals surface area contributed by atoms with Crippen LogP contribution in [0, 0.1) is 16.7 Å². The van der Waals surface area contributed by atoms with Gasteiger partial charge in [0.2, 0.25) is 0 Å². The molecule has 2 aliphatic rings. The van der Waals surface area contributed by atoms with Gasteiger partial charge in [-0.1, -0.05) is 27.7 Å². The van der Waals surface area contributed by atoms with Crippen LogP contribution in [0.5, 0.6) is 5.75 Å². The molecule has 19 heavy (non-hydrogen) atoms. The predicted octanol–water partition coefficient (Wildman–Crippen LogP) is 3.88. The maximum absolute atomic E-state index is 12.7. The van der Waals surface area contributed by atoms with Crippen LogP contribution in [0.3, 0.4) is 0 Å². The van der Waals surface area contributed by atoms with Crippen molar-refractivity contribution in [2.45, 2.75) is 40.5 Å². The Morgan fingerprint density at radius 1 is 1.21 bits per heavy atom. The fourth-order valence-electron chi connectivity index (χ4n) is 3.53. The fourth-order valence-corrected chi connectivity index (χ4v) is 3.53. The third kappa shape index (κ3) is 1.73. The van der Waals surface area contributed by atoms with Gasteiger partial charge in [-0.25, -0.2) is 0 Å². The van der Waals surface area contributed by atoms with Crippen LogP contribution in [0.4, 0.5) is 0 Å². The molecule has 0 radical (unpaired) electrons. The number of Topliss-reactive ketones (excluding diaryl/α,β-unsaturated/α-hetero) is 1. The lowest BCUT2D eigenvalue weighted by Gasteiger charge is -2.17. The van der Waals surface area contributed by atoms with Crippen molar-refractivity contribution in [3.8, 4) is 5.75 Å². The predicted molar refractivity (Wildman–Crippen MR) is 75.6 cm³/mol. The molecule has 0 unspecified atom stereocenters. The topological polar surface area (TPSA) is 26.3 Å². The number of benzene rings is 1. The molecule has 1 aliphatic carbocycles. The van der Waals surface area contributed by atoms with Crippen molar-refractivity contribution in [2.24, 2.45) is 16.7 Å². The summed E-state index contributed by atoms with van der Waals surface area (Å²) in [6, 6.07) is 5.93. The normalized spacial score (nSPS) is 23.4. The van der Waals surface area contributed by atoms with Gasteiger partial charge < -0.3 is 4.74 Å². The van der Waals surface area contributed by atoms with E-state index in [1.54, 1.807) is 0 Å². The minimum atomic E-state index is 0.108. The van der Waals surface area contributed by atoms with Gasteiger partial charge in [0.1, 0.15) is 5.75 Å². The number of rotatable bonds is 2. The van der Waals surface area contributed by atoms with E-state index in [-0.39, 0.29) is 16.7 Å². The molecule has 0 N–H and O–H groups in total. The van der Waals surface area contributed by atoms with Crippen LogP contribution in [0.15, 0.2) is 18.2 Å². The number of ketones is 1. The van der Waals surface area contributed by atoms with Crippen molar-refractivity contribution < 1.29 is 9.53 Å². The van der Waals surface area contributed by atoms with Gasteiger partial charge in [-0.2, -0.15) is 0 Å². The maximum atomic E-state index is 12.7. The average molecular weight is 258 g/mol. The maximum Gasteiger partial charge on any atom is 0.167 e. The lowest BCUT2D eigenvalue weighted by molar-refractivity contribution is 0.0945. The van der Waals surface area contributed by atoms with Crippen molar-refractivity contribution in [2.75, 3.05) is 6.61 Å². The van der Waals surface area contributed by atoms with Crippen molar-refractivity contribution in [3.05, 3.63) is 29.3 Å². The summed E-state index contributed by atoms with van der Waals surface area (Å²) in [7, 11) is 0. The molecule has 3 rings (SSSR count). The van der Waals surface area contributed by atoms with Crippen LogP contribution in [0.2, 0.25) is 0 Å². The summed E-state index contributed by atoms with van der Waals surface area (Å²) in [6.45, 7) is 9.56. The van der Waals surface area contributed by atoms with E-state index in [4.69, 9.17) is 4.74 Å². The van der Waals surface area contributed by atoms with Gasteiger partial charge in [-0.05, 0) is 47.4 Å². The van der Waals surface area contributed by atoms with Crippen molar-refractivity contribution in [3.63, 3.8) is 0 Å². The Kier molecular flexibility index (Phi) is 2.57. The Morgan fingerprint density at radius 3 is 2.53 bits per heavy atom. The lowest BCUT2D eigenvalue weighted by Crippen LogP contribution is -2.12. The Balaban J connectivity index is 1.90. The number of hydrogen-bond acceptors (Lipinski definition) is 2. The Labute approximate surface area is 115 Å². The minimum absolute atomic E-state index is 0.108. The standard InChI is InChI=1S/C17H22O2/c1-16(2)15(17(16,3)4)14(18)12-7-8-13-11(10-12)6-5-9-19-13/h7-8,10,15H,5-6,9H2,1-4H3. The second-order valence-corrected chi connectivity index (χ2v) is 7.02. The third-order valence-corrected chi connectivity index (χ3v) is 5.48. The summed E-state index contributed by atoms with van der Waals surface area (Å²) >= 11 is 0. The number of carbonyl (C=O) groups is 1. The summed E-state index contributed by atoms with van der Waals surface area (Å²) in [5.74, 6) is 1.39. The molecule has 2 nitrogen and oxygen atoms in total. The van der Waals surface area contributed by atoms with Crippen molar-refractivity contribution in [1.29, 1.82) is 0 Å². The summed E-state index contributed by atoms with van der Waals surface area (Å²) < 4.78 is 5.60. The molecule has 0 atom stereocenters. The van der Waals surface area contributed by atoms with Gasteiger partial charge in [0, 0.05) is 11.5 Å². The van der Waals surface area contributed by atoms with Crippen LogP contribution in [-0.2, 0) is 6.42 Å². The van der Waals surface area contributed by atoms with E-state index in [0.29, 0.717) is 5.78 Å². The zero-order valence-electron chi connectivity index (χ0n) is 12.2. The zero-order chi connectivity index (χ0) is 13.8. The van der Waals surface area contributed by atoms with Crippen molar-refractivity contribution >= 4 is 5.78 Å². The quantitative estimate of drug-likeness (QED) is 0.753. The Morgan fingerprint density at radius 2 is 1.89 bits per heavy atom. The Bertz CT molecular complexity index is 526. The van der Waals surface area contributed by atoms with E-state index in [1.165, 1.54) is 5.56 Å². The van der Waals surface area contributed by atoms with Gasteiger partial charge in [-0.15, -0.1) is 0 Å². The van der Waals surface area contributed by atoms with E-state index >= 15 is 0 Å². The average Bonchev–Trinajstić information content (AvgIpc) is 2.78. The monoisotopic (exact) mass is 258 g/mol. The molecule has 1 fully saturated rings. The SMILES string of the molecule is CC1(C)C(C(=O)c2ccc3c(c2)CCCO3)C1(C)C. The highest BCUT2D eigenvalue weighted by Crippen LogP contribution is 2.69. The minimum Gasteiger partial charge on any atom is -0.493 e. The van der Waals surface area contributed by atoms with Gasteiger partial charge in [-0.3, -0.25) is 4.79 Å². The van der Waals surface area contributed by atoms with E-state index in [0.717, 1.165) is 30.8 Å². The molecular weight excluding hydrogens is 236 g/mol. The highest BCUT2D eigenvalue weighted by Gasteiger charge is 2.67. The van der Waals surface area contributed by atoms with E-state index in [9.17, 15) is 4.79 Å². The molecular formula is C17H22O2. The van der Waals surface area contributed by atoms with Crippen molar-refractivity contribution in [1.82, 2.24) is 0 Å². The van der Waals surface area contributed by atoms with E-state index in [1.807, 2.05) is 18.2 Å². The molecule has 1 aromatic rings. The molecule has 2 heteroatoms. The second-order valence-electron chi connectivity index (χ2n) is 7.02. The first-order valence-electron chi connectivity index (χ1n) is 7.15. The molecule has 0 amide bonds. The van der Waals surface area contributed by atoms with Crippen LogP contribution >= 0.6 is 0 Å². The number of fused-ring (bicyclic) bond motifs is 1. The van der Waals surface area contributed by atoms with E-state index < -0.39 is 0 Å². The summed E-state index contributed by atoms with van der Waals surface area (Å²) in [6.07, 6.45) is 2.07. The molecule has 1 heterocycles. The van der Waals surface area contributed by atoms with Crippen LogP contribution in [-0.4, -0.2) is 12.4 Å². The molecule has 1 aliphatic heterocycles. The summed E-state index contributed by atoms with van der Waals surface area (Å²) in [4.78, 5) is 12.7. The molecule has 1 aromatic carbocycles. The molecule has 0 aromatic heterocycles. The largest absolute Gasteiger partial charge is 0.493 e. The van der Waals surface area contributed by atoms with Gasteiger partial charge in [0.25, 0.3) is 0 Å². The van der Waals surface area contributed by atoms with Gasteiger partial charge in [0.15, 0.2) is 5.78 Å². The van der Waals surface area contributed by atoms with Crippen LogP contribution in [0.25, 0.3) is 0 Å². The zero-order valence-corrected chi connectivity index (χ0v) is 12.2. The molecule has 1 saturated carbocycles. The number of hydrogen-bond donors (Lipinski definition) is 0.